The number of aryl methyl sites for hydroxylation is 1. The van der Waals surface area contributed by atoms with Gasteiger partial charge in [-0.05, 0) is 65.4 Å². The minimum Gasteiger partial charge on any atom is -0.383 e. The van der Waals surface area contributed by atoms with Gasteiger partial charge in [0.25, 0.3) is 0 Å². The van der Waals surface area contributed by atoms with Crippen molar-refractivity contribution in [1.82, 2.24) is 19.5 Å². The first-order valence-electron chi connectivity index (χ1n) is 10.1. The number of aromatic nitrogens is 4. The Balaban J connectivity index is 1.27. The molecule has 154 valence electrons. The van der Waals surface area contributed by atoms with Gasteiger partial charge in [-0.3, -0.25) is 0 Å². The molecule has 0 radical (unpaired) electrons. The van der Waals surface area contributed by atoms with Gasteiger partial charge in [-0.15, -0.1) is 0 Å². The molecule has 0 spiro atoms. The van der Waals surface area contributed by atoms with Gasteiger partial charge in [0.2, 0.25) is 0 Å². The number of fused-ring (bicyclic) bond motifs is 2. The van der Waals surface area contributed by atoms with Crippen LogP contribution in [0.15, 0.2) is 47.3 Å². The molecule has 2 atom stereocenters. The van der Waals surface area contributed by atoms with E-state index < -0.39 is 0 Å². The maximum absolute atomic E-state index is 6.37. The number of anilines is 2. The van der Waals surface area contributed by atoms with Gasteiger partial charge in [-0.25, -0.2) is 15.0 Å². The first-order chi connectivity index (χ1) is 14.6. The SMILES string of the molecule is CNc1ncnc2c1ccn2C1CCC(CCc2ccc3cc(Br)c(N)nc3c2)O1. The number of rotatable bonds is 5. The summed E-state index contributed by atoms with van der Waals surface area (Å²) in [6.07, 6.45) is 7.84. The Hall–Kier alpha value is -2.71. The second-order valence-electron chi connectivity index (χ2n) is 7.64. The molecule has 0 bridgehead atoms. The molecule has 8 heteroatoms. The quantitative estimate of drug-likeness (QED) is 0.443. The molecule has 4 heterocycles. The summed E-state index contributed by atoms with van der Waals surface area (Å²) in [5, 5.41) is 5.22. The molecule has 5 rings (SSSR count). The highest BCUT2D eigenvalue weighted by atomic mass is 79.9. The van der Waals surface area contributed by atoms with Crippen molar-refractivity contribution in [2.45, 2.75) is 38.0 Å². The summed E-state index contributed by atoms with van der Waals surface area (Å²) in [6.45, 7) is 0. The summed E-state index contributed by atoms with van der Waals surface area (Å²) >= 11 is 3.44. The zero-order chi connectivity index (χ0) is 20.7. The molecule has 1 fully saturated rings. The van der Waals surface area contributed by atoms with E-state index in [0.29, 0.717) is 5.82 Å². The van der Waals surface area contributed by atoms with Gasteiger partial charge in [-0.1, -0.05) is 12.1 Å². The molecule has 0 aliphatic carbocycles. The summed E-state index contributed by atoms with van der Waals surface area (Å²) in [4.78, 5) is 13.2. The highest BCUT2D eigenvalue weighted by molar-refractivity contribution is 9.10. The summed E-state index contributed by atoms with van der Waals surface area (Å²) in [7, 11) is 1.87. The number of hydrogen-bond acceptors (Lipinski definition) is 6. The third kappa shape index (κ3) is 3.50. The second-order valence-corrected chi connectivity index (χ2v) is 8.50. The van der Waals surface area contributed by atoms with Crippen LogP contribution < -0.4 is 11.1 Å². The van der Waals surface area contributed by atoms with Crippen LogP contribution in [0, 0.1) is 0 Å². The van der Waals surface area contributed by atoms with Crippen LogP contribution in [0.1, 0.15) is 31.1 Å². The third-order valence-electron chi connectivity index (χ3n) is 5.76. The molecule has 7 nitrogen and oxygen atoms in total. The van der Waals surface area contributed by atoms with E-state index in [2.05, 4.69) is 59.0 Å². The van der Waals surface area contributed by atoms with Crippen LogP contribution >= 0.6 is 15.9 Å². The van der Waals surface area contributed by atoms with E-state index in [0.717, 1.165) is 57.9 Å². The maximum atomic E-state index is 6.37. The van der Waals surface area contributed by atoms with Crippen LogP contribution in [0.3, 0.4) is 0 Å². The highest BCUT2D eigenvalue weighted by Gasteiger charge is 2.27. The second kappa shape index (κ2) is 7.85. The highest BCUT2D eigenvalue weighted by Crippen LogP contribution is 2.34. The van der Waals surface area contributed by atoms with Crippen molar-refractivity contribution in [1.29, 1.82) is 0 Å². The Kier molecular flexibility index (Phi) is 5.04. The zero-order valence-electron chi connectivity index (χ0n) is 16.7. The number of nitrogens with zero attached hydrogens (tertiary/aromatic N) is 4. The van der Waals surface area contributed by atoms with E-state index in [1.165, 1.54) is 5.56 Å². The van der Waals surface area contributed by atoms with Crippen molar-refractivity contribution in [3.05, 3.63) is 52.9 Å². The monoisotopic (exact) mass is 466 g/mol. The lowest BCUT2D eigenvalue weighted by Gasteiger charge is -2.16. The van der Waals surface area contributed by atoms with Crippen molar-refractivity contribution in [2.75, 3.05) is 18.1 Å². The zero-order valence-corrected chi connectivity index (χ0v) is 18.3. The van der Waals surface area contributed by atoms with Crippen molar-refractivity contribution in [3.8, 4) is 0 Å². The molecular weight excluding hydrogens is 444 g/mol. The fourth-order valence-corrected chi connectivity index (χ4v) is 4.53. The Bertz CT molecular complexity index is 1220. The minimum absolute atomic E-state index is 0.0162. The van der Waals surface area contributed by atoms with Gasteiger partial charge >= 0.3 is 0 Å². The normalized spacial score (nSPS) is 19.0. The molecule has 0 saturated carbocycles. The lowest BCUT2D eigenvalue weighted by atomic mass is 10.0. The number of hydrogen-bond donors (Lipinski definition) is 2. The minimum atomic E-state index is 0.0162. The summed E-state index contributed by atoms with van der Waals surface area (Å²) in [5.41, 5.74) is 9.02. The maximum Gasteiger partial charge on any atom is 0.147 e. The summed E-state index contributed by atoms with van der Waals surface area (Å²) in [5.74, 6) is 1.36. The van der Waals surface area contributed by atoms with Gasteiger partial charge in [0.05, 0.1) is 21.5 Å². The van der Waals surface area contributed by atoms with E-state index in [9.17, 15) is 0 Å². The Morgan fingerprint density at radius 3 is 3.00 bits per heavy atom. The topological polar surface area (TPSA) is 90.9 Å². The van der Waals surface area contributed by atoms with Crippen LogP contribution in [0.4, 0.5) is 11.6 Å². The molecule has 0 amide bonds. The van der Waals surface area contributed by atoms with Crippen LogP contribution in [0.5, 0.6) is 0 Å². The number of pyridine rings is 1. The molecule has 2 unspecified atom stereocenters. The predicted molar refractivity (Wildman–Crippen MR) is 122 cm³/mol. The van der Waals surface area contributed by atoms with Crippen LogP contribution in [-0.4, -0.2) is 32.7 Å². The first-order valence-corrected chi connectivity index (χ1v) is 10.9. The average Bonchev–Trinajstić information content (AvgIpc) is 3.39. The molecule has 1 saturated heterocycles. The summed E-state index contributed by atoms with van der Waals surface area (Å²) < 4.78 is 9.33. The molecule has 4 aromatic rings. The Labute approximate surface area is 182 Å². The van der Waals surface area contributed by atoms with Crippen molar-refractivity contribution >= 4 is 49.5 Å². The lowest BCUT2D eigenvalue weighted by Crippen LogP contribution is -2.12. The van der Waals surface area contributed by atoms with Crippen molar-refractivity contribution in [2.24, 2.45) is 0 Å². The molecule has 3 N–H and O–H groups in total. The van der Waals surface area contributed by atoms with Crippen LogP contribution in [0.2, 0.25) is 0 Å². The first kappa shape index (κ1) is 19.3. The molecule has 30 heavy (non-hydrogen) atoms. The standard InChI is InChI=1S/C22H23BrN6O/c1-25-21-16-8-9-29(22(16)27-12-26-21)19-7-6-15(30-19)5-3-13-2-4-14-11-17(23)20(24)28-18(14)10-13/h2,4,8-12,15,19H,3,5-7H2,1H3,(H2,24,28)(H,25,26,27). The number of benzene rings is 1. The van der Waals surface area contributed by atoms with E-state index in [1.54, 1.807) is 6.33 Å². The fraction of sp³-hybridized carbons (Fsp3) is 0.318. The molecule has 3 aromatic heterocycles. The molecular formula is C22H23BrN6O. The largest absolute Gasteiger partial charge is 0.383 e. The molecule has 1 aliphatic rings. The van der Waals surface area contributed by atoms with Crippen molar-refractivity contribution in [3.63, 3.8) is 0 Å². The number of halogens is 1. The predicted octanol–water partition coefficient (Wildman–Crippen LogP) is 4.68. The third-order valence-corrected chi connectivity index (χ3v) is 6.39. The molecule has 1 aliphatic heterocycles. The lowest BCUT2D eigenvalue weighted by molar-refractivity contribution is 0.00120. The molecule has 1 aromatic carbocycles. The van der Waals surface area contributed by atoms with Gasteiger partial charge in [-0.2, -0.15) is 0 Å². The van der Waals surface area contributed by atoms with Gasteiger partial charge in [0, 0.05) is 18.6 Å². The van der Waals surface area contributed by atoms with Crippen LogP contribution in [0.25, 0.3) is 21.9 Å². The average molecular weight is 467 g/mol. The van der Waals surface area contributed by atoms with Gasteiger partial charge in [0.1, 0.15) is 29.8 Å². The smallest absolute Gasteiger partial charge is 0.147 e. The van der Waals surface area contributed by atoms with E-state index >= 15 is 0 Å². The van der Waals surface area contributed by atoms with E-state index in [-0.39, 0.29) is 12.3 Å². The number of nitrogens with two attached hydrogens (primary N) is 1. The van der Waals surface area contributed by atoms with Gasteiger partial charge in [0.15, 0.2) is 0 Å². The summed E-state index contributed by atoms with van der Waals surface area (Å²) in [6, 6.07) is 10.4. The number of nitrogen functional groups attached to an aromatic ring is 1. The van der Waals surface area contributed by atoms with Gasteiger partial charge < -0.3 is 20.4 Å². The number of ether oxygens (including phenoxy) is 1. The number of nitrogens with one attached hydrogen (secondary N) is 1. The Morgan fingerprint density at radius 1 is 1.23 bits per heavy atom. The fourth-order valence-electron chi connectivity index (χ4n) is 4.19. The van der Waals surface area contributed by atoms with Crippen LogP contribution in [-0.2, 0) is 11.2 Å². The van der Waals surface area contributed by atoms with Crippen molar-refractivity contribution < 1.29 is 4.74 Å². The Morgan fingerprint density at radius 2 is 2.13 bits per heavy atom. The van der Waals surface area contributed by atoms with E-state index in [1.807, 2.05) is 25.4 Å². The van der Waals surface area contributed by atoms with E-state index in [4.69, 9.17) is 10.5 Å².